The first-order valence-electron chi connectivity index (χ1n) is 6.96. The molecule has 0 saturated carbocycles. The van der Waals surface area contributed by atoms with Gasteiger partial charge in [-0.1, -0.05) is 17.7 Å². The van der Waals surface area contributed by atoms with Gasteiger partial charge in [0.2, 0.25) is 0 Å². The van der Waals surface area contributed by atoms with E-state index in [9.17, 15) is 4.79 Å². The topological polar surface area (TPSA) is 35.5 Å². The standard InChI is InChI=1S/C17H22O3/c1-11-5-7-14(12(2)18)16(9-11)15-8-6-13(19-3)10-17(15)20-4/h6,8-10,14,16H,5,7H2,1-4H3/t14-,16+/m0/s1. The molecule has 0 spiro atoms. The molecule has 3 nitrogen and oxygen atoms in total. The van der Waals surface area contributed by atoms with Gasteiger partial charge in [0.25, 0.3) is 0 Å². The first kappa shape index (κ1) is 14.6. The molecule has 0 fully saturated rings. The van der Waals surface area contributed by atoms with Crippen LogP contribution >= 0.6 is 0 Å². The third kappa shape index (κ3) is 2.87. The molecule has 108 valence electrons. The van der Waals surface area contributed by atoms with Crippen molar-refractivity contribution in [2.24, 2.45) is 5.92 Å². The van der Waals surface area contributed by atoms with Gasteiger partial charge in [0.05, 0.1) is 14.2 Å². The Bertz CT molecular complexity index is 531. The molecule has 0 aliphatic heterocycles. The summed E-state index contributed by atoms with van der Waals surface area (Å²) >= 11 is 0. The van der Waals surface area contributed by atoms with Crippen molar-refractivity contribution in [1.82, 2.24) is 0 Å². The highest BCUT2D eigenvalue weighted by atomic mass is 16.5. The van der Waals surface area contributed by atoms with Crippen LogP contribution in [0, 0.1) is 5.92 Å². The SMILES string of the molecule is COc1ccc([C@@H]2C=C(C)CC[C@H]2C(C)=O)c(OC)c1. The fourth-order valence-electron chi connectivity index (χ4n) is 2.93. The third-order valence-corrected chi connectivity index (χ3v) is 4.07. The Kier molecular flexibility index (Phi) is 4.48. The van der Waals surface area contributed by atoms with Crippen molar-refractivity contribution < 1.29 is 14.3 Å². The summed E-state index contributed by atoms with van der Waals surface area (Å²) in [6.07, 6.45) is 4.12. The smallest absolute Gasteiger partial charge is 0.133 e. The summed E-state index contributed by atoms with van der Waals surface area (Å²) in [6.45, 7) is 3.81. The second kappa shape index (κ2) is 6.12. The van der Waals surface area contributed by atoms with Crippen LogP contribution in [0.5, 0.6) is 11.5 Å². The molecular weight excluding hydrogens is 252 g/mol. The number of methoxy groups -OCH3 is 2. The molecule has 0 unspecified atom stereocenters. The van der Waals surface area contributed by atoms with Gasteiger partial charge >= 0.3 is 0 Å². The van der Waals surface area contributed by atoms with Crippen LogP contribution in [0.1, 0.15) is 38.2 Å². The maximum absolute atomic E-state index is 11.9. The quantitative estimate of drug-likeness (QED) is 0.785. The normalized spacial score (nSPS) is 22.1. The lowest BCUT2D eigenvalue weighted by Gasteiger charge is -2.29. The number of carbonyl (C=O) groups is 1. The average Bonchev–Trinajstić information content (AvgIpc) is 2.46. The van der Waals surface area contributed by atoms with E-state index in [4.69, 9.17) is 9.47 Å². The van der Waals surface area contributed by atoms with Gasteiger partial charge in [-0.3, -0.25) is 4.79 Å². The molecule has 0 amide bonds. The van der Waals surface area contributed by atoms with Crippen molar-refractivity contribution in [3.63, 3.8) is 0 Å². The number of ketones is 1. The molecule has 0 radical (unpaired) electrons. The van der Waals surface area contributed by atoms with Crippen LogP contribution in [-0.2, 0) is 4.79 Å². The Morgan fingerprint density at radius 1 is 1.25 bits per heavy atom. The first-order chi connectivity index (χ1) is 9.56. The zero-order chi connectivity index (χ0) is 14.7. The second-order valence-corrected chi connectivity index (χ2v) is 5.40. The minimum Gasteiger partial charge on any atom is -0.497 e. The molecule has 2 atom stereocenters. The molecular formula is C17H22O3. The Hall–Kier alpha value is -1.77. The van der Waals surface area contributed by atoms with E-state index >= 15 is 0 Å². The molecule has 0 saturated heterocycles. The number of hydrogen-bond donors (Lipinski definition) is 0. The Morgan fingerprint density at radius 2 is 2.00 bits per heavy atom. The van der Waals surface area contributed by atoms with Crippen molar-refractivity contribution in [3.8, 4) is 11.5 Å². The summed E-state index contributed by atoms with van der Waals surface area (Å²) in [5.41, 5.74) is 2.40. The Balaban J connectivity index is 2.46. The van der Waals surface area contributed by atoms with E-state index in [1.807, 2.05) is 18.2 Å². The van der Waals surface area contributed by atoms with E-state index in [0.717, 1.165) is 29.9 Å². The van der Waals surface area contributed by atoms with E-state index in [1.165, 1.54) is 5.57 Å². The lowest BCUT2D eigenvalue weighted by molar-refractivity contribution is -0.121. The molecule has 3 heteroatoms. The van der Waals surface area contributed by atoms with Gasteiger partial charge in [0.15, 0.2) is 0 Å². The summed E-state index contributed by atoms with van der Waals surface area (Å²) in [5, 5.41) is 0. The van der Waals surface area contributed by atoms with E-state index < -0.39 is 0 Å². The van der Waals surface area contributed by atoms with E-state index in [1.54, 1.807) is 21.1 Å². The zero-order valence-corrected chi connectivity index (χ0v) is 12.6. The second-order valence-electron chi connectivity index (χ2n) is 5.40. The fourth-order valence-corrected chi connectivity index (χ4v) is 2.93. The maximum atomic E-state index is 11.9. The highest BCUT2D eigenvalue weighted by Gasteiger charge is 2.30. The molecule has 1 aromatic rings. The van der Waals surface area contributed by atoms with Gasteiger partial charge in [-0.25, -0.2) is 0 Å². The minimum absolute atomic E-state index is 0.0426. The Labute approximate surface area is 120 Å². The minimum atomic E-state index is 0.0426. The van der Waals surface area contributed by atoms with Crippen molar-refractivity contribution in [2.75, 3.05) is 14.2 Å². The first-order valence-corrected chi connectivity index (χ1v) is 6.96. The van der Waals surface area contributed by atoms with Crippen molar-refractivity contribution in [1.29, 1.82) is 0 Å². The molecule has 0 bridgehead atoms. The van der Waals surface area contributed by atoms with Crippen LogP contribution < -0.4 is 9.47 Å². The molecule has 0 N–H and O–H groups in total. The van der Waals surface area contributed by atoms with E-state index in [2.05, 4.69) is 13.0 Å². The van der Waals surface area contributed by atoms with Gasteiger partial charge in [0.1, 0.15) is 17.3 Å². The molecule has 0 heterocycles. The molecule has 2 rings (SSSR count). The van der Waals surface area contributed by atoms with Crippen LogP contribution in [0.25, 0.3) is 0 Å². The number of carbonyl (C=O) groups excluding carboxylic acids is 1. The van der Waals surface area contributed by atoms with E-state index in [-0.39, 0.29) is 17.6 Å². The molecule has 1 aromatic carbocycles. The van der Waals surface area contributed by atoms with Gasteiger partial charge in [0, 0.05) is 23.5 Å². The highest BCUT2D eigenvalue weighted by molar-refractivity contribution is 5.80. The average molecular weight is 274 g/mol. The van der Waals surface area contributed by atoms with Crippen LogP contribution in [0.3, 0.4) is 0 Å². The van der Waals surface area contributed by atoms with Crippen LogP contribution in [0.2, 0.25) is 0 Å². The monoisotopic (exact) mass is 274 g/mol. The number of allylic oxidation sites excluding steroid dienone is 2. The van der Waals surface area contributed by atoms with Gasteiger partial charge in [-0.05, 0) is 32.8 Å². The summed E-state index contributed by atoms with van der Waals surface area (Å²) in [4.78, 5) is 11.9. The summed E-state index contributed by atoms with van der Waals surface area (Å²) in [7, 11) is 3.29. The summed E-state index contributed by atoms with van der Waals surface area (Å²) in [5.74, 6) is 1.94. The molecule has 20 heavy (non-hydrogen) atoms. The molecule has 1 aliphatic rings. The zero-order valence-electron chi connectivity index (χ0n) is 12.6. The van der Waals surface area contributed by atoms with Gasteiger partial charge in [-0.2, -0.15) is 0 Å². The molecule has 0 aromatic heterocycles. The lowest BCUT2D eigenvalue weighted by atomic mass is 9.75. The van der Waals surface area contributed by atoms with Crippen LogP contribution in [-0.4, -0.2) is 20.0 Å². The van der Waals surface area contributed by atoms with Gasteiger partial charge < -0.3 is 9.47 Å². The number of ether oxygens (including phenoxy) is 2. The molecule has 1 aliphatic carbocycles. The predicted octanol–water partition coefficient (Wildman–Crippen LogP) is 3.73. The predicted molar refractivity (Wildman–Crippen MR) is 79.4 cm³/mol. The maximum Gasteiger partial charge on any atom is 0.133 e. The van der Waals surface area contributed by atoms with Crippen LogP contribution in [0.4, 0.5) is 0 Å². The third-order valence-electron chi connectivity index (χ3n) is 4.07. The summed E-state index contributed by atoms with van der Waals surface area (Å²) in [6, 6.07) is 5.81. The van der Waals surface area contributed by atoms with Gasteiger partial charge in [-0.15, -0.1) is 0 Å². The largest absolute Gasteiger partial charge is 0.497 e. The Morgan fingerprint density at radius 3 is 2.60 bits per heavy atom. The van der Waals surface area contributed by atoms with Crippen molar-refractivity contribution in [3.05, 3.63) is 35.4 Å². The highest BCUT2D eigenvalue weighted by Crippen LogP contribution is 2.41. The summed E-state index contributed by atoms with van der Waals surface area (Å²) < 4.78 is 10.7. The van der Waals surface area contributed by atoms with Crippen molar-refractivity contribution in [2.45, 2.75) is 32.6 Å². The number of rotatable bonds is 4. The number of hydrogen-bond acceptors (Lipinski definition) is 3. The van der Waals surface area contributed by atoms with E-state index in [0.29, 0.717) is 0 Å². The van der Waals surface area contributed by atoms with Crippen LogP contribution in [0.15, 0.2) is 29.8 Å². The number of Topliss-reactive ketones (excluding diaryl/α,β-unsaturated/α-hetero) is 1. The fraction of sp³-hybridized carbons (Fsp3) is 0.471. The van der Waals surface area contributed by atoms with Crippen molar-refractivity contribution >= 4 is 5.78 Å². The number of benzene rings is 1. The lowest BCUT2D eigenvalue weighted by Crippen LogP contribution is -2.22.